The maximum absolute atomic E-state index is 12.8. The van der Waals surface area contributed by atoms with Crippen LogP contribution in [-0.2, 0) is 0 Å². The number of aromatic amines is 1. The molecule has 0 radical (unpaired) electrons. The molecular formula is C23H27N3O3. The lowest BCUT2D eigenvalue weighted by Gasteiger charge is -2.20. The van der Waals surface area contributed by atoms with Gasteiger partial charge in [-0.15, -0.1) is 0 Å². The molecule has 29 heavy (non-hydrogen) atoms. The van der Waals surface area contributed by atoms with E-state index in [-0.39, 0.29) is 24.5 Å². The average molecular weight is 393 g/mol. The summed E-state index contributed by atoms with van der Waals surface area (Å²) in [5.41, 5.74) is 4.14. The van der Waals surface area contributed by atoms with Crippen molar-refractivity contribution in [3.63, 3.8) is 0 Å². The van der Waals surface area contributed by atoms with Crippen LogP contribution >= 0.6 is 0 Å². The average Bonchev–Trinajstić information content (AvgIpc) is 3.13. The molecule has 0 saturated carbocycles. The highest BCUT2D eigenvalue weighted by Crippen LogP contribution is 2.32. The van der Waals surface area contributed by atoms with Crippen LogP contribution in [0.3, 0.4) is 0 Å². The van der Waals surface area contributed by atoms with Crippen LogP contribution in [0.25, 0.3) is 23.1 Å². The van der Waals surface area contributed by atoms with Gasteiger partial charge in [-0.1, -0.05) is 49.8 Å². The Hall–Kier alpha value is -3.12. The molecular weight excluding hydrogens is 366 g/mol. The first-order valence-electron chi connectivity index (χ1n) is 9.66. The molecule has 3 N–H and O–H groups in total. The van der Waals surface area contributed by atoms with Gasteiger partial charge < -0.3 is 15.2 Å². The number of carbonyl (C=O) groups is 1. The Balaban J connectivity index is 1.98. The molecule has 0 spiro atoms. The SMILES string of the molecule is COc1c(C(=O)N[C@H](CO)C(C)C)ccc2[nH]nc(/C=C/c3ccc(C)cc3)c12. The van der Waals surface area contributed by atoms with E-state index in [2.05, 4.69) is 27.6 Å². The number of aromatic nitrogens is 2. The number of H-pyrrole nitrogens is 1. The van der Waals surface area contributed by atoms with Gasteiger partial charge in [0.05, 0.1) is 41.9 Å². The number of nitrogens with zero attached hydrogens (tertiary/aromatic N) is 1. The van der Waals surface area contributed by atoms with Crippen LogP contribution in [0.5, 0.6) is 5.75 Å². The minimum absolute atomic E-state index is 0.112. The highest BCUT2D eigenvalue weighted by atomic mass is 16.5. The number of carbonyl (C=O) groups excluding carboxylic acids is 1. The van der Waals surface area contributed by atoms with Gasteiger partial charge in [-0.2, -0.15) is 5.10 Å². The second-order valence-corrected chi connectivity index (χ2v) is 7.43. The van der Waals surface area contributed by atoms with Crippen molar-refractivity contribution in [1.29, 1.82) is 0 Å². The van der Waals surface area contributed by atoms with Crippen LogP contribution in [0, 0.1) is 12.8 Å². The van der Waals surface area contributed by atoms with Crippen molar-refractivity contribution in [2.75, 3.05) is 13.7 Å². The van der Waals surface area contributed by atoms with Crippen LogP contribution < -0.4 is 10.1 Å². The van der Waals surface area contributed by atoms with E-state index >= 15 is 0 Å². The number of rotatable bonds is 7. The standard InChI is InChI=1S/C23H27N3O3/c1-14(2)20(13-27)24-23(28)17-10-12-19-21(22(17)29-4)18(25-26-19)11-9-16-7-5-15(3)6-8-16/h5-12,14,20,27H,13H2,1-4H3,(H,24,28)(H,25,26)/b11-9+/t20-/m1/s1. The summed E-state index contributed by atoms with van der Waals surface area (Å²) in [6.45, 7) is 5.83. The molecule has 0 aliphatic heterocycles. The van der Waals surface area contributed by atoms with Gasteiger partial charge in [0, 0.05) is 0 Å². The molecule has 0 fully saturated rings. The molecule has 1 heterocycles. The number of benzene rings is 2. The molecule has 152 valence electrons. The van der Waals surface area contributed by atoms with Crippen LogP contribution in [0.1, 0.15) is 41.0 Å². The third kappa shape index (κ3) is 4.49. The first-order chi connectivity index (χ1) is 13.9. The van der Waals surface area contributed by atoms with E-state index in [9.17, 15) is 9.90 Å². The Morgan fingerprint density at radius 1 is 1.21 bits per heavy atom. The smallest absolute Gasteiger partial charge is 0.255 e. The van der Waals surface area contributed by atoms with E-state index < -0.39 is 0 Å². The van der Waals surface area contributed by atoms with Gasteiger partial charge in [-0.05, 0) is 36.6 Å². The summed E-state index contributed by atoms with van der Waals surface area (Å²) >= 11 is 0. The van der Waals surface area contributed by atoms with Crippen molar-refractivity contribution in [2.24, 2.45) is 5.92 Å². The van der Waals surface area contributed by atoms with Crippen molar-refractivity contribution in [3.05, 3.63) is 58.8 Å². The van der Waals surface area contributed by atoms with Crippen molar-refractivity contribution in [1.82, 2.24) is 15.5 Å². The van der Waals surface area contributed by atoms with Gasteiger partial charge in [-0.3, -0.25) is 9.89 Å². The fraction of sp³-hybridized carbons (Fsp3) is 0.304. The van der Waals surface area contributed by atoms with Crippen molar-refractivity contribution < 1.29 is 14.6 Å². The first-order valence-corrected chi connectivity index (χ1v) is 9.66. The topological polar surface area (TPSA) is 87.2 Å². The molecule has 0 aliphatic rings. The number of aliphatic hydroxyl groups excluding tert-OH is 1. The molecule has 3 rings (SSSR count). The number of hydrogen-bond acceptors (Lipinski definition) is 4. The predicted octanol–water partition coefficient (Wildman–Crippen LogP) is 3.80. The molecule has 0 bridgehead atoms. The van der Waals surface area contributed by atoms with Crippen molar-refractivity contribution in [2.45, 2.75) is 26.8 Å². The highest BCUT2D eigenvalue weighted by molar-refractivity contribution is 6.05. The Kier molecular flexibility index (Phi) is 6.34. The molecule has 0 aliphatic carbocycles. The zero-order valence-corrected chi connectivity index (χ0v) is 17.2. The summed E-state index contributed by atoms with van der Waals surface area (Å²) in [7, 11) is 1.54. The molecule has 6 nitrogen and oxygen atoms in total. The minimum Gasteiger partial charge on any atom is -0.495 e. The maximum atomic E-state index is 12.8. The number of aryl methyl sites for hydroxylation is 1. The van der Waals surface area contributed by atoms with Gasteiger partial charge in [0.15, 0.2) is 0 Å². The Labute approximate surface area is 170 Å². The Morgan fingerprint density at radius 2 is 1.93 bits per heavy atom. The van der Waals surface area contributed by atoms with Crippen LogP contribution in [0.4, 0.5) is 0 Å². The number of methoxy groups -OCH3 is 1. The molecule has 3 aromatic rings. The molecule has 0 saturated heterocycles. The summed E-state index contributed by atoms with van der Waals surface area (Å²) < 4.78 is 5.60. The summed E-state index contributed by atoms with van der Waals surface area (Å²) in [6, 6.07) is 11.4. The number of amides is 1. The van der Waals surface area contributed by atoms with Gasteiger partial charge in [0.1, 0.15) is 5.75 Å². The fourth-order valence-electron chi connectivity index (χ4n) is 3.14. The monoisotopic (exact) mass is 393 g/mol. The van der Waals surface area contributed by atoms with E-state index in [1.54, 1.807) is 6.07 Å². The molecule has 2 aromatic carbocycles. The van der Waals surface area contributed by atoms with Crippen LogP contribution in [0.2, 0.25) is 0 Å². The summed E-state index contributed by atoms with van der Waals surface area (Å²) in [5.74, 6) is 0.282. The van der Waals surface area contributed by atoms with Crippen molar-refractivity contribution >= 4 is 29.0 Å². The summed E-state index contributed by atoms with van der Waals surface area (Å²) in [4.78, 5) is 12.8. The third-order valence-corrected chi connectivity index (χ3v) is 4.99. The van der Waals surface area contributed by atoms with E-state index in [0.717, 1.165) is 16.5 Å². The largest absolute Gasteiger partial charge is 0.495 e. The Bertz CT molecular complexity index is 1020. The van der Waals surface area contributed by atoms with Crippen LogP contribution in [0.15, 0.2) is 36.4 Å². The van der Waals surface area contributed by atoms with E-state index in [4.69, 9.17) is 4.74 Å². The molecule has 6 heteroatoms. The minimum atomic E-state index is -0.326. The number of nitrogens with one attached hydrogen (secondary N) is 2. The van der Waals surface area contributed by atoms with E-state index in [1.165, 1.54) is 12.7 Å². The lowest BCUT2D eigenvalue weighted by Crippen LogP contribution is -2.41. The zero-order chi connectivity index (χ0) is 21.0. The van der Waals surface area contributed by atoms with Crippen LogP contribution in [-0.4, -0.2) is 41.0 Å². The highest BCUT2D eigenvalue weighted by Gasteiger charge is 2.22. The van der Waals surface area contributed by atoms with Gasteiger partial charge in [0.25, 0.3) is 5.91 Å². The van der Waals surface area contributed by atoms with Gasteiger partial charge in [-0.25, -0.2) is 0 Å². The summed E-state index contributed by atoms with van der Waals surface area (Å²) in [5, 5.41) is 20.5. The van der Waals surface area contributed by atoms with E-state index in [0.29, 0.717) is 17.0 Å². The lowest BCUT2D eigenvalue weighted by atomic mass is 10.0. The predicted molar refractivity (Wildman–Crippen MR) is 116 cm³/mol. The fourth-order valence-corrected chi connectivity index (χ4v) is 3.14. The molecule has 1 atom stereocenters. The first kappa shape index (κ1) is 20.6. The van der Waals surface area contributed by atoms with Gasteiger partial charge >= 0.3 is 0 Å². The second-order valence-electron chi connectivity index (χ2n) is 7.43. The summed E-state index contributed by atoms with van der Waals surface area (Å²) in [6.07, 6.45) is 3.88. The quantitative estimate of drug-likeness (QED) is 0.570. The zero-order valence-electron chi connectivity index (χ0n) is 17.2. The molecule has 1 aromatic heterocycles. The second kappa shape index (κ2) is 8.92. The maximum Gasteiger partial charge on any atom is 0.255 e. The normalized spacial score (nSPS) is 12.6. The number of aliphatic hydroxyl groups is 1. The van der Waals surface area contributed by atoms with Crippen molar-refractivity contribution in [3.8, 4) is 5.75 Å². The number of hydrogen-bond donors (Lipinski definition) is 3. The molecule has 1 amide bonds. The lowest BCUT2D eigenvalue weighted by molar-refractivity contribution is 0.0894. The van der Waals surface area contributed by atoms with Gasteiger partial charge in [0.2, 0.25) is 0 Å². The third-order valence-electron chi connectivity index (χ3n) is 4.99. The number of ether oxygens (including phenoxy) is 1. The van der Waals surface area contributed by atoms with E-state index in [1.807, 2.05) is 51.1 Å². The number of fused-ring (bicyclic) bond motifs is 1. The Morgan fingerprint density at radius 3 is 2.55 bits per heavy atom. The molecule has 0 unspecified atom stereocenters.